The van der Waals surface area contributed by atoms with E-state index in [2.05, 4.69) is 0 Å². The summed E-state index contributed by atoms with van der Waals surface area (Å²) in [6.07, 6.45) is -3.54. The minimum Gasteiger partial charge on any atom is -0.170 e. The molecule has 0 aromatic rings. The molecule has 0 aliphatic carbocycles. The fourth-order valence-corrected chi connectivity index (χ4v) is 1.60. The smallest absolute Gasteiger partial charge is 0.170 e. The van der Waals surface area contributed by atoms with Gasteiger partial charge in [-0.3, -0.25) is 0 Å². The molecule has 0 aliphatic rings. The van der Waals surface area contributed by atoms with Crippen LogP contribution in [0, 0.1) is 17.3 Å². The van der Waals surface area contributed by atoms with Crippen LogP contribution in [0.4, 0.5) is 13.2 Å². The number of rotatable bonds is 3. The maximum absolute atomic E-state index is 12.8. The molecule has 0 radical (unpaired) electrons. The predicted octanol–water partition coefficient (Wildman–Crippen LogP) is 4.26. The van der Waals surface area contributed by atoms with Crippen LogP contribution in [0.3, 0.4) is 0 Å². The highest BCUT2D eigenvalue weighted by Gasteiger charge is 2.55. The molecule has 3 heteroatoms. The van der Waals surface area contributed by atoms with Crippen LogP contribution in [0.1, 0.15) is 41.0 Å². The molecular weight excluding hydrogens is 177 g/mol. The highest BCUT2D eigenvalue weighted by molar-refractivity contribution is 4.88. The van der Waals surface area contributed by atoms with E-state index in [1.807, 2.05) is 0 Å². The molecule has 0 saturated heterocycles. The first-order valence-electron chi connectivity index (χ1n) is 4.74. The van der Waals surface area contributed by atoms with Crippen molar-refractivity contribution in [2.75, 3.05) is 0 Å². The summed E-state index contributed by atoms with van der Waals surface area (Å²) >= 11 is 0. The lowest BCUT2D eigenvalue weighted by molar-refractivity contribution is -0.250. The highest BCUT2D eigenvalue weighted by atomic mass is 19.4. The van der Waals surface area contributed by atoms with Crippen molar-refractivity contribution in [3.8, 4) is 0 Å². The van der Waals surface area contributed by atoms with E-state index in [0.717, 1.165) is 0 Å². The van der Waals surface area contributed by atoms with Gasteiger partial charge in [0, 0.05) is 0 Å². The molecule has 2 atom stereocenters. The average Bonchev–Trinajstić information content (AvgIpc) is 1.98. The second-order valence-corrected chi connectivity index (χ2v) is 4.24. The van der Waals surface area contributed by atoms with Crippen LogP contribution in [0.25, 0.3) is 0 Å². The molecule has 0 aliphatic heterocycles. The van der Waals surface area contributed by atoms with Crippen molar-refractivity contribution in [2.24, 2.45) is 17.3 Å². The first-order chi connectivity index (χ1) is 5.67. The Kier molecular flexibility index (Phi) is 3.82. The summed E-state index contributed by atoms with van der Waals surface area (Å²) in [6, 6.07) is 0. The van der Waals surface area contributed by atoms with Crippen molar-refractivity contribution >= 4 is 0 Å². The van der Waals surface area contributed by atoms with Crippen molar-refractivity contribution in [1.29, 1.82) is 0 Å². The van der Waals surface area contributed by atoms with E-state index in [4.69, 9.17) is 0 Å². The first-order valence-corrected chi connectivity index (χ1v) is 4.74. The third-order valence-electron chi connectivity index (χ3n) is 3.45. The lowest BCUT2D eigenvalue weighted by Crippen LogP contribution is -2.44. The zero-order chi connectivity index (χ0) is 10.9. The quantitative estimate of drug-likeness (QED) is 0.632. The van der Waals surface area contributed by atoms with Crippen LogP contribution >= 0.6 is 0 Å². The van der Waals surface area contributed by atoms with Gasteiger partial charge in [0.05, 0.1) is 5.41 Å². The topological polar surface area (TPSA) is 0 Å². The third kappa shape index (κ3) is 2.18. The van der Waals surface area contributed by atoms with Crippen molar-refractivity contribution in [3.05, 3.63) is 0 Å². The monoisotopic (exact) mass is 196 g/mol. The van der Waals surface area contributed by atoms with Crippen molar-refractivity contribution in [3.63, 3.8) is 0 Å². The summed E-state index contributed by atoms with van der Waals surface area (Å²) in [4.78, 5) is 0. The molecule has 0 spiro atoms. The highest BCUT2D eigenvalue weighted by Crippen LogP contribution is 2.50. The zero-order valence-electron chi connectivity index (χ0n) is 9.00. The van der Waals surface area contributed by atoms with Crippen molar-refractivity contribution in [2.45, 2.75) is 47.2 Å². The molecule has 1 unspecified atom stereocenters. The van der Waals surface area contributed by atoms with Gasteiger partial charge in [0.15, 0.2) is 0 Å². The van der Waals surface area contributed by atoms with Gasteiger partial charge in [-0.2, -0.15) is 13.2 Å². The van der Waals surface area contributed by atoms with Gasteiger partial charge < -0.3 is 0 Å². The van der Waals surface area contributed by atoms with Gasteiger partial charge >= 0.3 is 6.18 Å². The van der Waals surface area contributed by atoms with E-state index in [1.165, 1.54) is 6.92 Å². The van der Waals surface area contributed by atoms with Crippen LogP contribution in [0.5, 0.6) is 0 Å². The minimum atomic E-state index is -4.10. The van der Waals surface area contributed by atoms with E-state index in [0.29, 0.717) is 6.42 Å². The predicted molar refractivity (Wildman–Crippen MR) is 48.5 cm³/mol. The summed E-state index contributed by atoms with van der Waals surface area (Å²) in [5.41, 5.74) is -1.55. The second-order valence-electron chi connectivity index (χ2n) is 4.24. The van der Waals surface area contributed by atoms with Crippen molar-refractivity contribution in [1.82, 2.24) is 0 Å². The Hall–Kier alpha value is -0.210. The Balaban J connectivity index is 4.96. The third-order valence-corrected chi connectivity index (χ3v) is 3.45. The lowest BCUT2D eigenvalue weighted by atomic mass is 9.68. The molecule has 0 nitrogen and oxygen atoms in total. The molecule has 80 valence electrons. The van der Waals surface area contributed by atoms with E-state index < -0.39 is 11.6 Å². The summed E-state index contributed by atoms with van der Waals surface area (Å²) in [6.45, 7) is 8.08. The maximum Gasteiger partial charge on any atom is 0.394 e. The summed E-state index contributed by atoms with van der Waals surface area (Å²) in [7, 11) is 0. The van der Waals surface area contributed by atoms with E-state index in [9.17, 15) is 13.2 Å². The molecule has 0 amide bonds. The molecule has 13 heavy (non-hydrogen) atoms. The number of hydrogen-bond donors (Lipinski definition) is 0. The molecular formula is C10H19F3. The Morgan fingerprint density at radius 1 is 1.08 bits per heavy atom. The SMILES string of the molecule is CCC(C)[C@@](C)(C(C)C)C(F)(F)F. The maximum atomic E-state index is 12.8. The molecule has 0 N–H and O–H groups in total. The van der Waals surface area contributed by atoms with Gasteiger partial charge in [0.25, 0.3) is 0 Å². The van der Waals surface area contributed by atoms with Gasteiger partial charge in [-0.1, -0.05) is 41.0 Å². The average molecular weight is 196 g/mol. The van der Waals surface area contributed by atoms with E-state index in [-0.39, 0.29) is 11.8 Å². The second kappa shape index (κ2) is 3.89. The Bertz CT molecular complexity index is 160. The van der Waals surface area contributed by atoms with E-state index >= 15 is 0 Å². The molecule has 0 rings (SSSR count). The molecule has 0 bridgehead atoms. The van der Waals surface area contributed by atoms with Gasteiger partial charge in [0.1, 0.15) is 0 Å². The van der Waals surface area contributed by atoms with Crippen LogP contribution in [0.2, 0.25) is 0 Å². The van der Waals surface area contributed by atoms with Crippen molar-refractivity contribution < 1.29 is 13.2 Å². The first kappa shape index (κ1) is 12.8. The summed E-state index contributed by atoms with van der Waals surface area (Å²) < 4.78 is 38.4. The standard InChI is InChI=1S/C10H19F3/c1-6-8(4)9(5,7(2)3)10(11,12)13/h7-8H,6H2,1-5H3/t8?,9-/m1/s1. The van der Waals surface area contributed by atoms with Crippen LogP contribution < -0.4 is 0 Å². The molecule has 0 saturated carbocycles. The Morgan fingerprint density at radius 2 is 1.46 bits per heavy atom. The van der Waals surface area contributed by atoms with Gasteiger partial charge in [0.2, 0.25) is 0 Å². The normalized spacial score (nSPS) is 20.1. The number of alkyl halides is 3. The van der Waals surface area contributed by atoms with Gasteiger partial charge in [-0.05, 0) is 11.8 Å². The fraction of sp³-hybridized carbons (Fsp3) is 1.00. The van der Waals surface area contributed by atoms with Crippen LogP contribution in [-0.2, 0) is 0 Å². The zero-order valence-corrected chi connectivity index (χ0v) is 9.00. The molecule has 0 aromatic heterocycles. The minimum absolute atomic E-state index is 0.326. The number of halogens is 3. The van der Waals surface area contributed by atoms with E-state index in [1.54, 1.807) is 27.7 Å². The van der Waals surface area contributed by atoms with Gasteiger partial charge in [-0.25, -0.2) is 0 Å². The lowest BCUT2D eigenvalue weighted by Gasteiger charge is -2.40. The Labute approximate surface area is 78.5 Å². The summed E-state index contributed by atoms with van der Waals surface area (Å²) in [5.74, 6) is -0.699. The molecule has 0 aromatic carbocycles. The summed E-state index contributed by atoms with van der Waals surface area (Å²) in [5, 5.41) is 0. The largest absolute Gasteiger partial charge is 0.394 e. The Morgan fingerprint density at radius 3 is 1.54 bits per heavy atom. The molecule has 0 heterocycles. The van der Waals surface area contributed by atoms with Gasteiger partial charge in [-0.15, -0.1) is 0 Å². The number of hydrogen-bond acceptors (Lipinski definition) is 0. The van der Waals surface area contributed by atoms with Crippen LogP contribution in [-0.4, -0.2) is 6.18 Å². The van der Waals surface area contributed by atoms with Crippen LogP contribution in [0.15, 0.2) is 0 Å². The fourth-order valence-electron chi connectivity index (χ4n) is 1.60. The molecule has 0 fully saturated rings.